The SMILES string of the molecule is Br.CCCN1C=CN(c2ccccc2C)C1. The van der Waals surface area contributed by atoms with Crippen molar-refractivity contribution in [3.05, 3.63) is 42.2 Å². The molecule has 0 N–H and O–H groups in total. The Bertz CT molecular complexity index is 363. The lowest BCUT2D eigenvalue weighted by atomic mass is 10.2. The van der Waals surface area contributed by atoms with Crippen LogP contribution in [0.5, 0.6) is 0 Å². The van der Waals surface area contributed by atoms with Crippen LogP contribution in [0.25, 0.3) is 0 Å². The van der Waals surface area contributed by atoms with Gasteiger partial charge in [-0.25, -0.2) is 0 Å². The first-order chi connectivity index (χ1) is 7.31. The molecule has 0 saturated carbocycles. The van der Waals surface area contributed by atoms with E-state index in [0.29, 0.717) is 0 Å². The van der Waals surface area contributed by atoms with Crippen molar-refractivity contribution >= 4 is 22.7 Å². The highest BCUT2D eigenvalue weighted by Crippen LogP contribution is 2.22. The minimum Gasteiger partial charge on any atom is -0.358 e. The summed E-state index contributed by atoms with van der Waals surface area (Å²) in [7, 11) is 0. The van der Waals surface area contributed by atoms with Gasteiger partial charge in [0.25, 0.3) is 0 Å². The number of hydrogen-bond donors (Lipinski definition) is 0. The van der Waals surface area contributed by atoms with E-state index in [0.717, 1.165) is 13.2 Å². The average molecular weight is 283 g/mol. The molecule has 88 valence electrons. The summed E-state index contributed by atoms with van der Waals surface area (Å²) in [5, 5.41) is 0. The highest BCUT2D eigenvalue weighted by Gasteiger charge is 2.13. The maximum atomic E-state index is 2.34. The van der Waals surface area contributed by atoms with E-state index in [1.807, 2.05) is 0 Å². The molecule has 1 heterocycles. The third kappa shape index (κ3) is 2.79. The van der Waals surface area contributed by atoms with Crippen molar-refractivity contribution in [2.45, 2.75) is 20.3 Å². The van der Waals surface area contributed by atoms with Gasteiger partial charge in [0.15, 0.2) is 0 Å². The molecule has 0 atom stereocenters. The van der Waals surface area contributed by atoms with Gasteiger partial charge in [-0.2, -0.15) is 0 Å². The number of rotatable bonds is 3. The summed E-state index contributed by atoms with van der Waals surface area (Å²) in [6.45, 7) is 6.49. The average Bonchev–Trinajstić information content (AvgIpc) is 2.68. The molecular weight excluding hydrogens is 264 g/mol. The molecule has 0 saturated heterocycles. The summed E-state index contributed by atoms with van der Waals surface area (Å²) in [6.07, 6.45) is 5.54. The molecule has 1 aliphatic rings. The van der Waals surface area contributed by atoms with Gasteiger partial charge in [0, 0.05) is 24.6 Å². The lowest BCUT2D eigenvalue weighted by Crippen LogP contribution is -2.25. The number of nitrogens with zero attached hydrogens (tertiary/aromatic N) is 2. The van der Waals surface area contributed by atoms with E-state index in [2.05, 4.69) is 60.3 Å². The van der Waals surface area contributed by atoms with Crippen molar-refractivity contribution < 1.29 is 0 Å². The van der Waals surface area contributed by atoms with Crippen LogP contribution in [0.2, 0.25) is 0 Å². The molecule has 0 aromatic heterocycles. The number of benzene rings is 1. The molecule has 2 nitrogen and oxygen atoms in total. The fourth-order valence-electron chi connectivity index (χ4n) is 1.94. The Balaban J connectivity index is 0.00000128. The van der Waals surface area contributed by atoms with Gasteiger partial charge in [-0.3, -0.25) is 0 Å². The zero-order valence-electron chi connectivity index (χ0n) is 9.89. The van der Waals surface area contributed by atoms with E-state index in [1.165, 1.54) is 17.7 Å². The molecule has 1 aromatic rings. The first-order valence-electron chi connectivity index (χ1n) is 5.56. The van der Waals surface area contributed by atoms with Crippen LogP contribution in [0.15, 0.2) is 36.7 Å². The largest absolute Gasteiger partial charge is 0.358 e. The molecule has 1 aliphatic heterocycles. The van der Waals surface area contributed by atoms with E-state index < -0.39 is 0 Å². The van der Waals surface area contributed by atoms with Crippen LogP contribution in [0.1, 0.15) is 18.9 Å². The van der Waals surface area contributed by atoms with Crippen LogP contribution in [0.3, 0.4) is 0 Å². The number of para-hydroxylation sites is 1. The topological polar surface area (TPSA) is 6.48 Å². The molecule has 0 bridgehead atoms. The van der Waals surface area contributed by atoms with E-state index >= 15 is 0 Å². The highest BCUT2D eigenvalue weighted by molar-refractivity contribution is 8.93. The Morgan fingerprint density at radius 3 is 2.62 bits per heavy atom. The molecule has 0 spiro atoms. The molecule has 0 amide bonds. The predicted molar refractivity (Wildman–Crippen MR) is 75.0 cm³/mol. The number of aryl methyl sites for hydroxylation is 1. The maximum Gasteiger partial charge on any atom is 0.0941 e. The predicted octanol–water partition coefficient (Wildman–Crippen LogP) is 3.53. The van der Waals surface area contributed by atoms with Gasteiger partial charge in [0.1, 0.15) is 0 Å². The summed E-state index contributed by atoms with van der Waals surface area (Å²) in [6, 6.07) is 8.52. The zero-order valence-corrected chi connectivity index (χ0v) is 11.6. The summed E-state index contributed by atoms with van der Waals surface area (Å²) < 4.78 is 0. The minimum absolute atomic E-state index is 0. The molecular formula is C13H19BrN2. The summed E-state index contributed by atoms with van der Waals surface area (Å²) >= 11 is 0. The van der Waals surface area contributed by atoms with Crippen molar-refractivity contribution in [2.24, 2.45) is 0 Å². The molecule has 1 aromatic carbocycles. The lowest BCUT2D eigenvalue weighted by molar-refractivity contribution is 0.406. The van der Waals surface area contributed by atoms with Gasteiger partial charge in [-0.1, -0.05) is 25.1 Å². The first-order valence-corrected chi connectivity index (χ1v) is 5.56. The normalized spacial score (nSPS) is 14.1. The monoisotopic (exact) mass is 282 g/mol. The summed E-state index contributed by atoms with van der Waals surface area (Å²) in [4.78, 5) is 4.64. The number of halogens is 1. The second kappa shape index (κ2) is 5.94. The fraction of sp³-hybridized carbons (Fsp3) is 0.385. The Labute approximate surface area is 108 Å². The van der Waals surface area contributed by atoms with E-state index in [1.54, 1.807) is 0 Å². The lowest BCUT2D eigenvalue weighted by Gasteiger charge is -2.22. The maximum absolute atomic E-state index is 2.34. The van der Waals surface area contributed by atoms with Crippen molar-refractivity contribution in [2.75, 3.05) is 18.1 Å². The van der Waals surface area contributed by atoms with Gasteiger partial charge in [0.05, 0.1) is 6.67 Å². The summed E-state index contributed by atoms with van der Waals surface area (Å²) in [5.41, 5.74) is 2.65. The third-order valence-corrected chi connectivity index (χ3v) is 2.73. The molecule has 0 radical (unpaired) electrons. The third-order valence-electron chi connectivity index (χ3n) is 2.73. The molecule has 0 unspecified atom stereocenters. The van der Waals surface area contributed by atoms with Crippen LogP contribution in [0, 0.1) is 6.92 Å². The minimum atomic E-state index is 0. The van der Waals surface area contributed by atoms with Gasteiger partial charge in [-0.15, -0.1) is 17.0 Å². The fourth-order valence-corrected chi connectivity index (χ4v) is 1.94. The second-order valence-electron chi connectivity index (χ2n) is 4.01. The number of hydrogen-bond acceptors (Lipinski definition) is 2. The Morgan fingerprint density at radius 2 is 1.94 bits per heavy atom. The Kier molecular flexibility index (Phi) is 4.87. The first kappa shape index (κ1) is 13.1. The molecule has 16 heavy (non-hydrogen) atoms. The van der Waals surface area contributed by atoms with Crippen LogP contribution >= 0.6 is 17.0 Å². The van der Waals surface area contributed by atoms with E-state index in [-0.39, 0.29) is 17.0 Å². The number of anilines is 1. The standard InChI is InChI=1S/C13H18N2.BrH/c1-3-8-14-9-10-15(11-14)13-7-5-4-6-12(13)2;/h4-7,9-10H,3,8,11H2,1-2H3;1H. The van der Waals surface area contributed by atoms with E-state index in [4.69, 9.17) is 0 Å². The van der Waals surface area contributed by atoms with Crippen LogP contribution in [-0.2, 0) is 0 Å². The Morgan fingerprint density at radius 1 is 1.19 bits per heavy atom. The quantitative estimate of drug-likeness (QED) is 0.837. The zero-order chi connectivity index (χ0) is 10.7. The molecule has 0 fully saturated rings. The van der Waals surface area contributed by atoms with Gasteiger partial charge < -0.3 is 9.80 Å². The highest BCUT2D eigenvalue weighted by atomic mass is 79.9. The van der Waals surface area contributed by atoms with Crippen LogP contribution in [0.4, 0.5) is 5.69 Å². The smallest absolute Gasteiger partial charge is 0.0941 e. The van der Waals surface area contributed by atoms with Crippen LogP contribution < -0.4 is 4.90 Å². The van der Waals surface area contributed by atoms with Gasteiger partial charge in [0.2, 0.25) is 0 Å². The van der Waals surface area contributed by atoms with Crippen molar-refractivity contribution in [3.8, 4) is 0 Å². The second-order valence-corrected chi connectivity index (χ2v) is 4.01. The molecule has 3 heteroatoms. The Hall–Kier alpha value is -0.960. The van der Waals surface area contributed by atoms with Gasteiger partial charge in [-0.05, 0) is 25.0 Å². The van der Waals surface area contributed by atoms with Gasteiger partial charge >= 0.3 is 0 Å². The van der Waals surface area contributed by atoms with Crippen molar-refractivity contribution in [1.82, 2.24) is 4.90 Å². The van der Waals surface area contributed by atoms with E-state index in [9.17, 15) is 0 Å². The summed E-state index contributed by atoms with van der Waals surface area (Å²) in [5.74, 6) is 0. The van der Waals surface area contributed by atoms with Crippen molar-refractivity contribution in [1.29, 1.82) is 0 Å². The molecule has 2 rings (SSSR count). The molecule has 0 aliphatic carbocycles. The van der Waals surface area contributed by atoms with Crippen LogP contribution in [-0.4, -0.2) is 18.1 Å². The van der Waals surface area contributed by atoms with Crippen molar-refractivity contribution in [3.63, 3.8) is 0 Å².